The van der Waals surface area contributed by atoms with Gasteiger partial charge in [-0.05, 0) is 61.7 Å². The largest absolute Gasteiger partial charge is 0.337 e. The van der Waals surface area contributed by atoms with Crippen molar-refractivity contribution in [3.05, 3.63) is 65.7 Å². The fraction of sp³-hybridized carbons (Fsp3) is 0.179. The number of nitrogens with one attached hydrogen (secondary N) is 3. The van der Waals surface area contributed by atoms with E-state index in [2.05, 4.69) is 43.5 Å². The van der Waals surface area contributed by atoms with E-state index in [1.54, 1.807) is 29.9 Å². The zero-order valence-corrected chi connectivity index (χ0v) is 21.2. The number of amides is 1. The van der Waals surface area contributed by atoms with E-state index in [4.69, 9.17) is 4.98 Å². The van der Waals surface area contributed by atoms with Gasteiger partial charge < -0.3 is 10.3 Å². The molecule has 1 aromatic carbocycles. The molecule has 38 heavy (non-hydrogen) atoms. The molecule has 0 aliphatic heterocycles. The van der Waals surface area contributed by atoms with Gasteiger partial charge in [0.15, 0.2) is 11.6 Å². The fourth-order valence-corrected chi connectivity index (χ4v) is 5.66. The molecule has 0 unspecified atom stereocenters. The van der Waals surface area contributed by atoms with Crippen LogP contribution in [0.1, 0.15) is 24.1 Å². The normalized spacial score (nSPS) is 13.7. The highest BCUT2D eigenvalue weighted by Gasteiger charge is 2.25. The molecule has 0 atom stereocenters. The maximum absolute atomic E-state index is 15.2. The minimum absolute atomic E-state index is 0.00501. The Hall–Kier alpha value is -4.44. The summed E-state index contributed by atoms with van der Waals surface area (Å²) in [7, 11) is 0. The van der Waals surface area contributed by atoms with E-state index in [9.17, 15) is 4.79 Å². The molecule has 0 radical (unpaired) electrons. The van der Waals surface area contributed by atoms with Gasteiger partial charge in [-0.2, -0.15) is 5.10 Å². The molecule has 5 heterocycles. The van der Waals surface area contributed by atoms with E-state index in [0.29, 0.717) is 33.7 Å². The van der Waals surface area contributed by atoms with Gasteiger partial charge in [0.1, 0.15) is 22.4 Å². The molecular weight excluding hydrogens is 501 g/mol. The van der Waals surface area contributed by atoms with Crippen LogP contribution in [0.2, 0.25) is 0 Å². The summed E-state index contributed by atoms with van der Waals surface area (Å²) in [6, 6.07) is 11.1. The quantitative estimate of drug-likeness (QED) is 0.239. The molecule has 1 aliphatic rings. The predicted molar refractivity (Wildman–Crippen MR) is 146 cm³/mol. The van der Waals surface area contributed by atoms with Crippen LogP contribution in [0.5, 0.6) is 0 Å². The van der Waals surface area contributed by atoms with Crippen molar-refractivity contribution in [3.8, 4) is 33.2 Å². The molecule has 8 nitrogen and oxygen atoms in total. The van der Waals surface area contributed by atoms with Gasteiger partial charge in [0.2, 0.25) is 5.91 Å². The number of aromatic nitrogens is 6. The number of fused-ring (bicyclic) bond motifs is 2. The number of anilines is 1. The standard InChI is InChI=1S/C28H22FN7OS/c1-14-5-6-22(38-14)26-25-21(7-8-31-26)33-27(34-25)24-19-10-16(11-20(29)23(19)35-36-24)17-9-18(13-30-12-17)32-28(37)15-3-2-4-15/h5-13,15H,2-4H2,1H3,(H,32,37)(H,33,34)(H,35,36). The van der Waals surface area contributed by atoms with Crippen molar-refractivity contribution >= 4 is 44.9 Å². The SMILES string of the molecule is Cc1ccc(-c2nccc3[nH]c(-c4[nH]nc5c(F)cc(-c6cncc(NC(=O)C7CCC7)c6)cc45)nc23)s1. The summed E-state index contributed by atoms with van der Waals surface area (Å²) in [5.41, 5.74) is 5.06. The second kappa shape index (κ2) is 8.84. The number of pyridine rings is 2. The first-order valence-corrected chi connectivity index (χ1v) is 13.2. The second-order valence-corrected chi connectivity index (χ2v) is 10.9. The molecule has 10 heteroatoms. The van der Waals surface area contributed by atoms with Gasteiger partial charge in [0, 0.05) is 34.1 Å². The van der Waals surface area contributed by atoms with Crippen LogP contribution < -0.4 is 5.32 Å². The minimum Gasteiger partial charge on any atom is -0.337 e. The van der Waals surface area contributed by atoms with Crippen LogP contribution in [0.3, 0.4) is 0 Å². The van der Waals surface area contributed by atoms with Crippen LogP contribution in [0.25, 0.3) is 55.2 Å². The molecule has 7 rings (SSSR count). The van der Waals surface area contributed by atoms with Crippen molar-refractivity contribution in [2.45, 2.75) is 26.2 Å². The smallest absolute Gasteiger partial charge is 0.227 e. The molecule has 0 saturated heterocycles. The molecule has 1 aliphatic carbocycles. The summed E-state index contributed by atoms with van der Waals surface area (Å²) in [4.78, 5) is 31.6. The van der Waals surface area contributed by atoms with Crippen LogP contribution in [-0.4, -0.2) is 36.0 Å². The van der Waals surface area contributed by atoms with Crippen LogP contribution in [0.15, 0.2) is 55.0 Å². The lowest BCUT2D eigenvalue weighted by Crippen LogP contribution is -2.28. The molecule has 0 spiro atoms. The number of hydrogen-bond acceptors (Lipinski definition) is 6. The van der Waals surface area contributed by atoms with Crippen LogP contribution >= 0.6 is 11.3 Å². The lowest BCUT2D eigenvalue weighted by molar-refractivity contribution is -0.122. The number of halogens is 1. The van der Waals surface area contributed by atoms with Gasteiger partial charge >= 0.3 is 0 Å². The van der Waals surface area contributed by atoms with Gasteiger partial charge in [-0.15, -0.1) is 11.3 Å². The molecule has 6 aromatic rings. The second-order valence-electron chi connectivity index (χ2n) is 9.58. The summed E-state index contributed by atoms with van der Waals surface area (Å²) < 4.78 is 15.2. The van der Waals surface area contributed by atoms with Crippen molar-refractivity contribution in [3.63, 3.8) is 0 Å². The predicted octanol–water partition coefficient (Wildman–Crippen LogP) is 6.48. The number of imidazole rings is 1. The lowest BCUT2D eigenvalue weighted by Gasteiger charge is -2.24. The van der Waals surface area contributed by atoms with Crippen molar-refractivity contribution in [1.29, 1.82) is 0 Å². The third kappa shape index (κ3) is 3.84. The van der Waals surface area contributed by atoms with Crippen molar-refractivity contribution in [1.82, 2.24) is 30.1 Å². The molecule has 1 amide bonds. The third-order valence-electron chi connectivity index (χ3n) is 7.04. The Kier molecular flexibility index (Phi) is 5.29. The Labute approximate surface area is 220 Å². The van der Waals surface area contributed by atoms with Crippen molar-refractivity contribution in [2.75, 3.05) is 5.32 Å². The number of carbonyl (C=O) groups excluding carboxylic acids is 1. The average molecular weight is 524 g/mol. The lowest BCUT2D eigenvalue weighted by atomic mass is 9.85. The Morgan fingerprint density at radius 1 is 1.11 bits per heavy atom. The first-order chi connectivity index (χ1) is 18.5. The van der Waals surface area contributed by atoms with Gasteiger partial charge in [-0.1, -0.05) is 6.42 Å². The molecular formula is C28H22FN7OS. The first kappa shape index (κ1) is 22.7. The Morgan fingerprint density at radius 2 is 2.00 bits per heavy atom. The van der Waals surface area contributed by atoms with Gasteiger partial charge in [-0.25, -0.2) is 9.37 Å². The summed E-state index contributed by atoms with van der Waals surface area (Å²) in [5, 5.41) is 10.7. The zero-order valence-electron chi connectivity index (χ0n) is 20.4. The van der Waals surface area contributed by atoms with E-state index in [-0.39, 0.29) is 17.3 Å². The van der Waals surface area contributed by atoms with Crippen molar-refractivity contribution < 1.29 is 9.18 Å². The maximum atomic E-state index is 15.2. The number of carbonyl (C=O) groups is 1. The number of thiophene rings is 1. The van der Waals surface area contributed by atoms with Crippen LogP contribution in [-0.2, 0) is 4.79 Å². The molecule has 0 bridgehead atoms. The Bertz CT molecular complexity index is 1850. The van der Waals surface area contributed by atoms with Crippen LogP contribution in [0, 0.1) is 18.7 Å². The van der Waals surface area contributed by atoms with Gasteiger partial charge in [0.05, 0.1) is 22.3 Å². The number of H-pyrrole nitrogens is 2. The van der Waals surface area contributed by atoms with Gasteiger partial charge in [-0.3, -0.25) is 19.9 Å². The first-order valence-electron chi connectivity index (χ1n) is 12.4. The Morgan fingerprint density at radius 3 is 2.79 bits per heavy atom. The number of benzene rings is 1. The van der Waals surface area contributed by atoms with Gasteiger partial charge in [0.25, 0.3) is 0 Å². The molecule has 3 N–H and O–H groups in total. The molecule has 188 valence electrons. The average Bonchev–Trinajstić information content (AvgIpc) is 3.60. The highest BCUT2D eigenvalue weighted by molar-refractivity contribution is 7.15. The monoisotopic (exact) mass is 523 g/mol. The molecule has 1 saturated carbocycles. The molecule has 5 aromatic heterocycles. The van der Waals surface area contributed by atoms with E-state index < -0.39 is 5.82 Å². The summed E-state index contributed by atoms with van der Waals surface area (Å²) in [6.45, 7) is 2.06. The summed E-state index contributed by atoms with van der Waals surface area (Å²) in [6.07, 6.45) is 7.92. The van der Waals surface area contributed by atoms with E-state index in [1.807, 2.05) is 24.3 Å². The topological polar surface area (TPSA) is 112 Å². The summed E-state index contributed by atoms with van der Waals surface area (Å²) in [5.74, 6) is 0.146. The van der Waals surface area contributed by atoms with Crippen LogP contribution in [0.4, 0.5) is 10.1 Å². The maximum Gasteiger partial charge on any atom is 0.227 e. The highest BCUT2D eigenvalue weighted by Crippen LogP contribution is 2.35. The number of aromatic amines is 2. The zero-order chi connectivity index (χ0) is 25.8. The number of nitrogens with zero attached hydrogens (tertiary/aromatic N) is 4. The van der Waals surface area contributed by atoms with Crippen molar-refractivity contribution in [2.24, 2.45) is 5.92 Å². The summed E-state index contributed by atoms with van der Waals surface area (Å²) >= 11 is 1.66. The van der Waals surface area contributed by atoms with E-state index >= 15 is 4.39 Å². The number of rotatable bonds is 5. The highest BCUT2D eigenvalue weighted by atomic mass is 32.1. The Balaban J connectivity index is 1.29. The number of aryl methyl sites for hydroxylation is 1. The van der Waals surface area contributed by atoms with E-state index in [0.717, 1.165) is 40.9 Å². The molecule has 1 fully saturated rings. The van der Waals surface area contributed by atoms with E-state index in [1.165, 1.54) is 10.9 Å². The number of hydrogen-bond donors (Lipinski definition) is 3. The minimum atomic E-state index is -0.462. The third-order valence-corrected chi connectivity index (χ3v) is 8.05. The fourth-order valence-electron chi connectivity index (χ4n) is 4.80.